The van der Waals surface area contributed by atoms with E-state index in [1.807, 2.05) is 30.3 Å². The van der Waals surface area contributed by atoms with Gasteiger partial charge in [0.1, 0.15) is 5.75 Å². The summed E-state index contributed by atoms with van der Waals surface area (Å²) in [5, 5.41) is 13.8. The van der Waals surface area contributed by atoms with Gasteiger partial charge < -0.3 is 10.4 Å². The molecule has 2 aromatic rings. The molecular formula is C30H47NOS. The highest BCUT2D eigenvalue weighted by atomic mass is 32.2. The second kappa shape index (κ2) is 18.8. The van der Waals surface area contributed by atoms with Crippen LogP contribution in [0.1, 0.15) is 110 Å². The zero-order valence-corrected chi connectivity index (χ0v) is 21.8. The van der Waals surface area contributed by atoms with Crippen LogP contribution in [-0.4, -0.2) is 11.7 Å². The summed E-state index contributed by atoms with van der Waals surface area (Å²) < 4.78 is 0. The highest BCUT2D eigenvalue weighted by Crippen LogP contribution is 2.35. The van der Waals surface area contributed by atoms with Crippen molar-refractivity contribution >= 4 is 17.4 Å². The monoisotopic (exact) mass is 469 g/mol. The maximum atomic E-state index is 10.3. The Morgan fingerprint density at radius 3 is 1.67 bits per heavy atom. The molecule has 0 aliphatic carbocycles. The maximum absolute atomic E-state index is 10.3. The molecule has 0 radical (unpaired) electrons. The Labute approximate surface area is 208 Å². The molecule has 2 rings (SSSR count). The van der Waals surface area contributed by atoms with Crippen molar-refractivity contribution in [2.24, 2.45) is 0 Å². The summed E-state index contributed by atoms with van der Waals surface area (Å²) in [6.07, 6.45) is 22.4. The van der Waals surface area contributed by atoms with Crippen LogP contribution in [0.2, 0.25) is 0 Å². The standard InChI is InChI=1S/C30H47NOS/c1-2-3-4-5-6-7-8-9-10-11-12-13-14-15-16-20-25-31-27-23-24-30(29(32)26-27)33-28-21-18-17-19-22-28/h17-19,21-24,26,31-32H,2-16,20,25H2,1H3. The molecule has 0 heterocycles. The number of anilines is 1. The molecule has 2 nitrogen and oxygen atoms in total. The van der Waals surface area contributed by atoms with Gasteiger partial charge in [-0.05, 0) is 30.7 Å². The minimum Gasteiger partial charge on any atom is -0.507 e. The van der Waals surface area contributed by atoms with E-state index in [0.717, 1.165) is 22.0 Å². The number of nitrogens with one attached hydrogen (secondary N) is 1. The van der Waals surface area contributed by atoms with Gasteiger partial charge in [-0.3, -0.25) is 0 Å². The van der Waals surface area contributed by atoms with Gasteiger partial charge >= 0.3 is 0 Å². The molecule has 0 fully saturated rings. The van der Waals surface area contributed by atoms with E-state index in [2.05, 4.69) is 30.4 Å². The lowest BCUT2D eigenvalue weighted by atomic mass is 10.0. The average Bonchev–Trinajstić information content (AvgIpc) is 2.83. The van der Waals surface area contributed by atoms with Gasteiger partial charge in [0.25, 0.3) is 0 Å². The van der Waals surface area contributed by atoms with Crippen LogP contribution in [0.15, 0.2) is 58.3 Å². The summed E-state index contributed by atoms with van der Waals surface area (Å²) in [5.74, 6) is 0.348. The van der Waals surface area contributed by atoms with Crippen molar-refractivity contribution in [3.63, 3.8) is 0 Å². The van der Waals surface area contributed by atoms with Gasteiger partial charge in [0.2, 0.25) is 0 Å². The molecular weight excluding hydrogens is 422 g/mol. The smallest absolute Gasteiger partial charge is 0.131 e. The molecule has 0 amide bonds. The third-order valence-electron chi connectivity index (χ3n) is 6.29. The Balaban J connectivity index is 1.39. The first-order valence-electron chi connectivity index (χ1n) is 13.6. The molecule has 0 bridgehead atoms. The molecule has 0 aliphatic rings. The fourth-order valence-electron chi connectivity index (χ4n) is 4.23. The Morgan fingerprint density at radius 2 is 1.15 bits per heavy atom. The number of hydrogen-bond donors (Lipinski definition) is 2. The van der Waals surface area contributed by atoms with Crippen LogP contribution in [-0.2, 0) is 0 Å². The van der Waals surface area contributed by atoms with Gasteiger partial charge in [0.05, 0.1) is 4.90 Å². The molecule has 0 aromatic heterocycles. The van der Waals surface area contributed by atoms with Crippen molar-refractivity contribution in [2.45, 2.75) is 119 Å². The highest BCUT2D eigenvalue weighted by molar-refractivity contribution is 7.99. The highest BCUT2D eigenvalue weighted by Gasteiger charge is 2.05. The number of benzene rings is 2. The Hall–Kier alpha value is -1.61. The van der Waals surface area contributed by atoms with E-state index < -0.39 is 0 Å². The quantitative estimate of drug-likeness (QED) is 0.189. The lowest BCUT2D eigenvalue weighted by Gasteiger charge is -2.10. The number of unbranched alkanes of at least 4 members (excludes halogenated alkanes) is 15. The van der Waals surface area contributed by atoms with E-state index in [0.29, 0.717) is 5.75 Å². The van der Waals surface area contributed by atoms with Crippen LogP contribution in [0.3, 0.4) is 0 Å². The molecule has 0 saturated carbocycles. The van der Waals surface area contributed by atoms with Gasteiger partial charge in [-0.1, -0.05) is 133 Å². The first-order valence-corrected chi connectivity index (χ1v) is 14.4. The lowest BCUT2D eigenvalue weighted by Crippen LogP contribution is -2.01. The fourth-order valence-corrected chi connectivity index (χ4v) is 5.08. The minimum absolute atomic E-state index is 0.348. The van der Waals surface area contributed by atoms with Gasteiger partial charge in [0, 0.05) is 23.2 Å². The van der Waals surface area contributed by atoms with Crippen molar-refractivity contribution in [3.05, 3.63) is 48.5 Å². The van der Waals surface area contributed by atoms with Gasteiger partial charge in [-0.25, -0.2) is 0 Å². The van der Waals surface area contributed by atoms with Gasteiger partial charge in [-0.15, -0.1) is 0 Å². The topological polar surface area (TPSA) is 32.3 Å². The third-order valence-corrected chi connectivity index (χ3v) is 7.36. The SMILES string of the molecule is CCCCCCCCCCCCCCCCCCNc1ccc(Sc2ccccc2)c(O)c1. The molecule has 0 spiro atoms. The van der Waals surface area contributed by atoms with Crippen LogP contribution >= 0.6 is 11.8 Å². The molecule has 0 atom stereocenters. The maximum Gasteiger partial charge on any atom is 0.131 e. The van der Waals surface area contributed by atoms with E-state index in [4.69, 9.17) is 0 Å². The molecule has 0 unspecified atom stereocenters. The summed E-state index contributed by atoms with van der Waals surface area (Å²) in [4.78, 5) is 2.04. The number of aromatic hydroxyl groups is 1. The van der Waals surface area contributed by atoms with E-state index in [-0.39, 0.29) is 0 Å². The molecule has 2 aromatic carbocycles. The Morgan fingerprint density at radius 1 is 0.636 bits per heavy atom. The Bertz CT molecular complexity index is 718. The molecule has 0 saturated heterocycles. The molecule has 3 heteroatoms. The van der Waals surface area contributed by atoms with Crippen LogP contribution in [0.5, 0.6) is 5.75 Å². The Kier molecular flexibility index (Phi) is 15.7. The van der Waals surface area contributed by atoms with Crippen molar-refractivity contribution in [3.8, 4) is 5.75 Å². The van der Waals surface area contributed by atoms with Crippen molar-refractivity contribution < 1.29 is 5.11 Å². The normalized spacial score (nSPS) is 11.1. The van der Waals surface area contributed by atoms with Gasteiger partial charge in [0.15, 0.2) is 0 Å². The number of rotatable bonds is 20. The van der Waals surface area contributed by atoms with E-state index in [1.54, 1.807) is 11.8 Å². The third kappa shape index (κ3) is 13.6. The van der Waals surface area contributed by atoms with Crippen LogP contribution < -0.4 is 5.32 Å². The lowest BCUT2D eigenvalue weighted by molar-refractivity contribution is 0.462. The predicted molar refractivity (Wildman–Crippen MR) is 147 cm³/mol. The number of phenols is 1. The molecule has 33 heavy (non-hydrogen) atoms. The summed E-state index contributed by atoms with van der Waals surface area (Å²) in [6, 6.07) is 16.1. The number of phenolic OH excluding ortho intramolecular Hbond substituents is 1. The van der Waals surface area contributed by atoms with Crippen molar-refractivity contribution in [1.82, 2.24) is 0 Å². The molecule has 2 N–H and O–H groups in total. The first kappa shape index (κ1) is 27.6. The molecule has 0 aliphatic heterocycles. The zero-order valence-electron chi connectivity index (χ0n) is 21.0. The van der Waals surface area contributed by atoms with E-state index in [9.17, 15) is 5.11 Å². The van der Waals surface area contributed by atoms with Crippen LogP contribution in [0.4, 0.5) is 5.69 Å². The van der Waals surface area contributed by atoms with Crippen molar-refractivity contribution in [1.29, 1.82) is 0 Å². The second-order valence-corrected chi connectivity index (χ2v) is 10.4. The van der Waals surface area contributed by atoms with Gasteiger partial charge in [-0.2, -0.15) is 0 Å². The molecule has 184 valence electrons. The summed E-state index contributed by atoms with van der Waals surface area (Å²) in [5.41, 5.74) is 1.01. The first-order chi connectivity index (χ1) is 16.3. The summed E-state index contributed by atoms with van der Waals surface area (Å²) in [6.45, 7) is 3.26. The summed E-state index contributed by atoms with van der Waals surface area (Å²) in [7, 11) is 0. The average molecular weight is 470 g/mol. The predicted octanol–water partition coefficient (Wildman–Crippen LogP) is 10.2. The number of hydrogen-bond acceptors (Lipinski definition) is 3. The zero-order chi connectivity index (χ0) is 23.4. The summed E-state index contributed by atoms with van der Waals surface area (Å²) >= 11 is 1.60. The van der Waals surface area contributed by atoms with E-state index in [1.165, 1.54) is 103 Å². The van der Waals surface area contributed by atoms with Crippen molar-refractivity contribution in [2.75, 3.05) is 11.9 Å². The largest absolute Gasteiger partial charge is 0.507 e. The minimum atomic E-state index is 0.348. The van der Waals surface area contributed by atoms with Crippen LogP contribution in [0.25, 0.3) is 0 Å². The van der Waals surface area contributed by atoms with Crippen LogP contribution in [0, 0.1) is 0 Å². The second-order valence-electron chi connectivity index (χ2n) is 9.33. The van der Waals surface area contributed by atoms with E-state index >= 15 is 0 Å². The fraction of sp³-hybridized carbons (Fsp3) is 0.600.